The number of carbonyl (C=O) groups is 2. The first-order valence-corrected chi connectivity index (χ1v) is 5.27. The number of thiophene rings is 1. The molecule has 0 unspecified atom stereocenters. The van der Waals surface area contributed by atoms with Crippen molar-refractivity contribution in [3.05, 3.63) is 45.4 Å². The van der Waals surface area contributed by atoms with E-state index in [1.807, 2.05) is 6.92 Å². The molecule has 0 saturated carbocycles. The third-order valence-corrected chi connectivity index (χ3v) is 3.13. The maximum Gasteiger partial charge on any atom is 0.195 e. The lowest BCUT2D eigenvalue weighted by Crippen LogP contribution is -1.99. The van der Waals surface area contributed by atoms with E-state index in [9.17, 15) is 9.59 Å². The summed E-state index contributed by atoms with van der Waals surface area (Å²) in [5.74, 6) is -0.0434. The Morgan fingerprint density at radius 3 is 2.87 bits per heavy atom. The highest BCUT2D eigenvalue weighted by atomic mass is 32.1. The van der Waals surface area contributed by atoms with Gasteiger partial charge in [0.05, 0.1) is 4.88 Å². The predicted octanol–water partition coefficient (Wildman–Crippen LogP) is 2.43. The van der Waals surface area contributed by atoms with Crippen molar-refractivity contribution in [2.45, 2.75) is 6.92 Å². The summed E-state index contributed by atoms with van der Waals surface area (Å²) in [6.45, 7) is 1.84. The van der Waals surface area contributed by atoms with E-state index in [2.05, 4.69) is 4.98 Å². The van der Waals surface area contributed by atoms with Crippen LogP contribution in [0.4, 0.5) is 0 Å². The van der Waals surface area contributed by atoms with Crippen LogP contribution in [0.25, 0.3) is 0 Å². The molecule has 2 heterocycles. The minimum absolute atomic E-state index is 0.0434. The van der Waals surface area contributed by atoms with Crippen LogP contribution in [0.15, 0.2) is 24.5 Å². The Bertz CT molecular complexity index is 497. The second-order valence-corrected chi connectivity index (χ2v) is 4.45. The zero-order valence-corrected chi connectivity index (χ0v) is 8.93. The van der Waals surface area contributed by atoms with Crippen LogP contribution in [0.2, 0.25) is 0 Å². The zero-order chi connectivity index (χ0) is 10.8. The van der Waals surface area contributed by atoms with E-state index in [-0.39, 0.29) is 5.78 Å². The molecule has 0 aliphatic rings. The SMILES string of the molecule is Cc1sc(C=O)cc1C(=O)c1cc[nH]c1. The Kier molecular flexibility index (Phi) is 2.51. The molecule has 1 N–H and O–H groups in total. The zero-order valence-electron chi connectivity index (χ0n) is 8.11. The number of H-pyrrole nitrogens is 1. The molecule has 0 amide bonds. The van der Waals surface area contributed by atoms with Gasteiger partial charge in [-0.3, -0.25) is 9.59 Å². The van der Waals surface area contributed by atoms with E-state index in [0.29, 0.717) is 16.0 Å². The van der Waals surface area contributed by atoms with Gasteiger partial charge in [0.25, 0.3) is 0 Å². The molecule has 76 valence electrons. The molecule has 0 aliphatic carbocycles. The topological polar surface area (TPSA) is 49.9 Å². The Labute approximate surface area is 90.8 Å². The van der Waals surface area contributed by atoms with Crippen LogP contribution in [0.3, 0.4) is 0 Å². The lowest BCUT2D eigenvalue weighted by atomic mass is 10.1. The number of carbonyl (C=O) groups excluding carboxylic acids is 2. The largest absolute Gasteiger partial charge is 0.367 e. The van der Waals surface area contributed by atoms with E-state index in [0.717, 1.165) is 11.2 Å². The fourth-order valence-corrected chi connectivity index (χ4v) is 2.25. The van der Waals surface area contributed by atoms with Gasteiger partial charge in [0.2, 0.25) is 0 Å². The highest BCUT2D eigenvalue weighted by Gasteiger charge is 2.14. The monoisotopic (exact) mass is 219 g/mol. The van der Waals surface area contributed by atoms with Crippen LogP contribution >= 0.6 is 11.3 Å². The minimum atomic E-state index is -0.0434. The number of aromatic amines is 1. The molecule has 15 heavy (non-hydrogen) atoms. The first-order valence-electron chi connectivity index (χ1n) is 4.45. The molecule has 0 spiro atoms. The summed E-state index contributed by atoms with van der Waals surface area (Å²) >= 11 is 1.34. The second kappa shape index (κ2) is 3.82. The Morgan fingerprint density at radius 2 is 2.33 bits per heavy atom. The van der Waals surface area contributed by atoms with E-state index in [1.165, 1.54) is 11.3 Å². The van der Waals surface area contributed by atoms with Crippen LogP contribution < -0.4 is 0 Å². The second-order valence-electron chi connectivity index (χ2n) is 3.17. The van der Waals surface area contributed by atoms with Gasteiger partial charge >= 0.3 is 0 Å². The van der Waals surface area contributed by atoms with E-state index in [1.54, 1.807) is 24.5 Å². The lowest BCUT2D eigenvalue weighted by Gasteiger charge is -1.94. The van der Waals surface area contributed by atoms with Gasteiger partial charge in [-0.15, -0.1) is 11.3 Å². The molecule has 0 fully saturated rings. The van der Waals surface area contributed by atoms with Crippen molar-refractivity contribution in [3.63, 3.8) is 0 Å². The van der Waals surface area contributed by atoms with Gasteiger partial charge in [0.1, 0.15) is 0 Å². The molecule has 0 saturated heterocycles. The average Bonchev–Trinajstić information content (AvgIpc) is 2.85. The summed E-state index contributed by atoms with van der Waals surface area (Å²) in [6.07, 6.45) is 4.13. The summed E-state index contributed by atoms with van der Waals surface area (Å²) in [7, 11) is 0. The molecule has 3 nitrogen and oxygen atoms in total. The van der Waals surface area contributed by atoms with Crippen LogP contribution in [0, 0.1) is 6.92 Å². The quantitative estimate of drug-likeness (QED) is 0.636. The highest BCUT2D eigenvalue weighted by molar-refractivity contribution is 7.14. The molecule has 0 bridgehead atoms. The standard InChI is InChI=1S/C11H9NO2S/c1-7-10(4-9(6-13)15-7)11(14)8-2-3-12-5-8/h2-6,12H,1H3. The lowest BCUT2D eigenvalue weighted by molar-refractivity contribution is 0.103. The molecule has 0 atom stereocenters. The third kappa shape index (κ3) is 1.76. The van der Waals surface area contributed by atoms with Gasteiger partial charge in [-0.25, -0.2) is 0 Å². The molecule has 0 aliphatic heterocycles. The molecular formula is C11H9NO2S. The highest BCUT2D eigenvalue weighted by Crippen LogP contribution is 2.22. The van der Waals surface area contributed by atoms with Gasteiger partial charge < -0.3 is 4.98 Å². The molecule has 0 radical (unpaired) electrons. The summed E-state index contributed by atoms with van der Waals surface area (Å²) in [5.41, 5.74) is 1.23. The van der Waals surface area contributed by atoms with Crippen molar-refractivity contribution in [1.82, 2.24) is 4.98 Å². The van der Waals surface area contributed by atoms with Crippen molar-refractivity contribution in [2.75, 3.05) is 0 Å². The Hall–Kier alpha value is -1.68. The normalized spacial score (nSPS) is 10.2. The molecule has 2 aromatic heterocycles. The Morgan fingerprint density at radius 1 is 1.53 bits per heavy atom. The maximum atomic E-state index is 11.9. The van der Waals surface area contributed by atoms with Crippen molar-refractivity contribution in [1.29, 1.82) is 0 Å². The predicted molar refractivity (Wildman–Crippen MR) is 58.7 cm³/mol. The number of nitrogens with one attached hydrogen (secondary N) is 1. The van der Waals surface area contributed by atoms with Gasteiger partial charge in [-0.05, 0) is 19.1 Å². The van der Waals surface area contributed by atoms with Crippen molar-refractivity contribution in [3.8, 4) is 0 Å². The number of hydrogen-bond donors (Lipinski definition) is 1. The van der Waals surface area contributed by atoms with Crippen LogP contribution in [-0.4, -0.2) is 17.1 Å². The number of aldehydes is 1. The van der Waals surface area contributed by atoms with Gasteiger partial charge in [-0.1, -0.05) is 0 Å². The molecule has 2 aromatic rings. The maximum absolute atomic E-state index is 11.9. The van der Waals surface area contributed by atoms with Gasteiger partial charge in [0, 0.05) is 28.4 Å². The van der Waals surface area contributed by atoms with Crippen LogP contribution in [0.1, 0.15) is 30.5 Å². The number of aromatic nitrogens is 1. The summed E-state index contributed by atoms with van der Waals surface area (Å²) < 4.78 is 0. The fourth-order valence-electron chi connectivity index (χ4n) is 1.41. The summed E-state index contributed by atoms with van der Waals surface area (Å²) in [4.78, 5) is 26.8. The van der Waals surface area contributed by atoms with Crippen molar-refractivity contribution < 1.29 is 9.59 Å². The number of rotatable bonds is 3. The van der Waals surface area contributed by atoms with Crippen LogP contribution in [-0.2, 0) is 0 Å². The van der Waals surface area contributed by atoms with Gasteiger partial charge in [0.15, 0.2) is 12.1 Å². The van der Waals surface area contributed by atoms with Gasteiger partial charge in [-0.2, -0.15) is 0 Å². The third-order valence-electron chi connectivity index (χ3n) is 2.16. The number of ketones is 1. The summed E-state index contributed by atoms with van der Waals surface area (Å²) in [6, 6.07) is 3.36. The minimum Gasteiger partial charge on any atom is -0.367 e. The van der Waals surface area contributed by atoms with Crippen LogP contribution in [0.5, 0.6) is 0 Å². The summed E-state index contributed by atoms with van der Waals surface area (Å²) in [5, 5.41) is 0. The van der Waals surface area contributed by atoms with Crippen molar-refractivity contribution in [2.24, 2.45) is 0 Å². The van der Waals surface area contributed by atoms with Crippen molar-refractivity contribution >= 4 is 23.4 Å². The fraction of sp³-hybridized carbons (Fsp3) is 0.0909. The first-order chi connectivity index (χ1) is 7.22. The molecule has 2 rings (SSSR count). The molecular weight excluding hydrogens is 210 g/mol. The molecule has 0 aromatic carbocycles. The smallest absolute Gasteiger partial charge is 0.195 e. The average molecular weight is 219 g/mol. The van der Waals surface area contributed by atoms with E-state index < -0.39 is 0 Å². The number of hydrogen-bond acceptors (Lipinski definition) is 3. The number of aryl methyl sites for hydroxylation is 1. The van der Waals surface area contributed by atoms with E-state index in [4.69, 9.17) is 0 Å². The Balaban J connectivity index is 2.41. The molecule has 4 heteroatoms. The van der Waals surface area contributed by atoms with E-state index >= 15 is 0 Å². The first kappa shape index (κ1) is 9.86.